The van der Waals surface area contributed by atoms with Gasteiger partial charge in [0.1, 0.15) is 11.5 Å². The van der Waals surface area contributed by atoms with Gasteiger partial charge < -0.3 is 19.8 Å². The third kappa shape index (κ3) is 6.07. The van der Waals surface area contributed by atoms with Gasteiger partial charge in [0, 0.05) is 12.6 Å². The number of aromatic hydroxyl groups is 1. The van der Waals surface area contributed by atoms with Crippen LogP contribution >= 0.6 is 0 Å². The average molecular weight is 458 g/mol. The second-order valence-electron chi connectivity index (χ2n) is 9.03. The SMILES string of the molecule is CN1CCC[C@@H]1CCOc1ccc(C(=C(CCCO)c2ccccc2)c2ccc(O)cc2)cc1. The van der Waals surface area contributed by atoms with E-state index in [4.69, 9.17) is 4.74 Å². The molecular formula is C30H35NO3. The first-order valence-corrected chi connectivity index (χ1v) is 12.3. The van der Waals surface area contributed by atoms with Gasteiger partial charge in [-0.15, -0.1) is 0 Å². The molecule has 1 aliphatic rings. The van der Waals surface area contributed by atoms with Gasteiger partial charge in [-0.1, -0.05) is 54.6 Å². The molecule has 3 aromatic rings. The second kappa shape index (κ2) is 11.9. The van der Waals surface area contributed by atoms with Crippen molar-refractivity contribution >= 4 is 11.1 Å². The lowest BCUT2D eigenvalue weighted by atomic mass is 9.87. The van der Waals surface area contributed by atoms with Crippen LogP contribution in [0.5, 0.6) is 11.5 Å². The summed E-state index contributed by atoms with van der Waals surface area (Å²) in [5.74, 6) is 1.13. The van der Waals surface area contributed by atoms with Crippen molar-refractivity contribution in [3.05, 3.63) is 95.6 Å². The van der Waals surface area contributed by atoms with Crippen LogP contribution in [0.4, 0.5) is 0 Å². The summed E-state index contributed by atoms with van der Waals surface area (Å²) in [6.07, 6.45) is 5.03. The topological polar surface area (TPSA) is 52.9 Å². The Balaban J connectivity index is 1.63. The Kier molecular flexibility index (Phi) is 8.40. The minimum absolute atomic E-state index is 0.141. The van der Waals surface area contributed by atoms with E-state index in [2.05, 4.69) is 36.2 Å². The first-order valence-electron chi connectivity index (χ1n) is 12.3. The summed E-state index contributed by atoms with van der Waals surface area (Å²) in [7, 11) is 2.20. The Morgan fingerprint density at radius 1 is 0.912 bits per heavy atom. The molecular weight excluding hydrogens is 422 g/mol. The maximum Gasteiger partial charge on any atom is 0.119 e. The summed E-state index contributed by atoms with van der Waals surface area (Å²) < 4.78 is 6.07. The van der Waals surface area contributed by atoms with Gasteiger partial charge in [0.15, 0.2) is 0 Å². The number of allylic oxidation sites excluding steroid dienone is 1. The molecule has 2 N–H and O–H groups in total. The van der Waals surface area contributed by atoms with Crippen molar-refractivity contribution in [1.82, 2.24) is 4.90 Å². The fraction of sp³-hybridized carbons (Fsp3) is 0.333. The van der Waals surface area contributed by atoms with E-state index in [1.807, 2.05) is 42.5 Å². The number of aliphatic hydroxyl groups is 1. The highest BCUT2D eigenvalue weighted by Crippen LogP contribution is 2.36. The van der Waals surface area contributed by atoms with E-state index in [9.17, 15) is 10.2 Å². The van der Waals surface area contributed by atoms with E-state index in [0.717, 1.165) is 47.5 Å². The number of hydrogen-bond acceptors (Lipinski definition) is 4. The monoisotopic (exact) mass is 457 g/mol. The third-order valence-corrected chi connectivity index (χ3v) is 6.70. The summed E-state index contributed by atoms with van der Waals surface area (Å²) in [5.41, 5.74) is 5.55. The van der Waals surface area contributed by atoms with Crippen LogP contribution in [0.25, 0.3) is 11.1 Å². The molecule has 34 heavy (non-hydrogen) atoms. The van der Waals surface area contributed by atoms with Crippen LogP contribution in [0, 0.1) is 0 Å². The minimum Gasteiger partial charge on any atom is -0.508 e. The fourth-order valence-electron chi connectivity index (χ4n) is 4.83. The maximum absolute atomic E-state index is 9.85. The smallest absolute Gasteiger partial charge is 0.119 e. The molecule has 1 fully saturated rings. The molecule has 0 bridgehead atoms. The van der Waals surface area contributed by atoms with Crippen molar-refractivity contribution in [1.29, 1.82) is 0 Å². The third-order valence-electron chi connectivity index (χ3n) is 6.70. The number of phenolic OH excluding ortho intramolecular Hbond substituents is 1. The van der Waals surface area contributed by atoms with E-state index in [0.29, 0.717) is 12.5 Å². The molecule has 0 unspecified atom stereocenters. The first kappa shape index (κ1) is 24.1. The lowest BCUT2D eigenvalue weighted by Crippen LogP contribution is -2.26. The number of phenols is 1. The Hall–Kier alpha value is -3.08. The zero-order valence-electron chi connectivity index (χ0n) is 20.0. The van der Waals surface area contributed by atoms with Gasteiger partial charge in [-0.25, -0.2) is 0 Å². The molecule has 4 heteroatoms. The molecule has 178 valence electrons. The van der Waals surface area contributed by atoms with Crippen molar-refractivity contribution in [2.45, 2.75) is 38.1 Å². The molecule has 0 spiro atoms. The van der Waals surface area contributed by atoms with Gasteiger partial charge in [0.05, 0.1) is 6.61 Å². The number of benzene rings is 3. The quantitative estimate of drug-likeness (QED) is 0.367. The Bertz CT molecular complexity index is 1060. The summed E-state index contributed by atoms with van der Waals surface area (Å²) in [6.45, 7) is 2.05. The second-order valence-corrected chi connectivity index (χ2v) is 9.03. The molecule has 1 aliphatic heterocycles. The summed E-state index contributed by atoms with van der Waals surface area (Å²) in [5, 5.41) is 19.4. The van der Waals surface area contributed by atoms with Gasteiger partial charge in [-0.05, 0) is 97.8 Å². The Morgan fingerprint density at radius 3 is 2.21 bits per heavy atom. The maximum atomic E-state index is 9.85. The molecule has 0 radical (unpaired) electrons. The van der Waals surface area contributed by atoms with Crippen LogP contribution in [0.2, 0.25) is 0 Å². The normalized spacial score (nSPS) is 16.9. The molecule has 1 atom stereocenters. The van der Waals surface area contributed by atoms with Gasteiger partial charge in [0.25, 0.3) is 0 Å². The largest absolute Gasteiger partial charge is 0.508 e. The van der Waals surface area contributed by atoms with Crippen LogP contribution in [0.1, 0.15) is 48.8 Å². The summed E-state index contributed by atoms with van der Waals surface area (Å²) >= 11 is 0. The van der Waals surface area contributed by atoms with E-state index >= 15 is 0 Å². The Labute approximate surface area is 203 Å². The van der Waals surface area contributed by atoms with Crippen LogP contribution in [0.15, 0.2) is 78.9 Å². The van der Waals surface area contributed by atoms with Crippen molar-refractivity contribution < 1.29 is 14.9 Å². The first-order chi connectivity index (χ1) is 16.7. The molecule has 0 aliphatic carbocycles. The van der Waals surface area contributed by atoms with Crippen LogP contribution in [-0.4, -0.2) is 48.0 Å². The number of hydrogen-bond donors (Lipinski definition) is 2. The van der Waals surface area contributed by atoms with Crippen molar-refractivity contribution in [3.63, 3.8) is 0 Å². The van der Waals surface area contributed by atoms with Gasteiger partial charge in [0.2, 0.25) is 0 Å². The highest BCUT2D eigenvalue weighted by Gasteiger charge is 2.20. The van der Waals surface area contributed by atoms with E-state index in [1.54, 1.807) is 12.1 Å². The zero-order chi connectivity index (χ0) is 23.8. The summed E-state index contributed by atoms with van der Waals surface area (Å²) in [6, 6.07) is 26.6. The molecule has 1 heterocycles. The Morgan fingerprint density at radius 2 is 1.59 bits per heavy atom. The molecule has 1 saturated heterocycles. The van der Waals surface area contributed by atoms with Crippen molar-refractivity contribution in [2.24, 2.45) is 0 Å². The predicted octanol–water partition coefficient (Wildman–Crippen LogP) is 5.99. The minimum atomic E-state index is 0.141. The molecule has 0 aromatic heterocycles. The van der Waals surface area contributed by atoms with E-state index in [-0.39, 0.29) is 12.4 Å². The highest BCUT2D eigenvalue weighted by atomic mass is 16.5. The van der Waals surface area contributed by atoms with E-state index in [1.165, 1.54) is 25.0 Å². The predicted molar refractivity (Wildman–Crippen MR) is 139 cm³/mol. The number of aliphatic hydroxyl groups excluding tert-OH is 1. The average Bonchev–Trinajstić information content (AvgIpc) is 3.28. The van der Waals surface area contributed by atoms with Gasteiger partial charge in [-0.2, -0.15) is 0 Å². The number of ether oxygens (including phenoxy) is 1. The van der Waals surface area contributed by atoms with Gasteiger partial charge >= 0.3 is 0 Å². The summed E-state index contributed by atoms with van der Waals surface area (Å²) in [4.78, 5) is 2.43. The molecule has 0 amide bonds. The van der Waals surface area contributed by atoms with E-state index < -0.39 is 0 Å². The molecule has 4 nitrogen and oxygen atoms in total. The highest BCUT2D eigenvalue weighted by molar-refractivity contribution is 5.98. The number of rotatable bonds is 10. The van der Waals surface area contributed by atoms with Crippen LogP contribution in [0.3, 0.4) is 0 Å². The molecule has 3 aromatic carbocycles. The molecule has 0 saturated carbocycles. The lowest BCUT2D eigenvalue weighted by Gasteiger charge is -2.20. The standard InChI is InChI=1S/C30H35NO3/c1-31-20-5-9-26(31)19-22-34-28-17-13-25(14-18-28)30(24-11-15-27(33)16-12-24)29(10-6-21-32)23-7-3-2-4-8-23/h2-4,7-8,11-18,26,32-33H,5-6,9-10,19-22H2,1H3/t26-/m1/s1. The number of likely N-dealkylation sites (tertiary alicyclic amines) is 1. The lowest BCUT2D eigenvalue weighted by molar-refractivity contribution is 0.233. The van der Waals surface area contributed by atoms with Crippen LogP contribution < -0.4 is 4.74 Å². The van der Waals surface area contributed by atoms with Gasteiger partial charge in [-0.3, -0.25) is 0 Å². The van der Waals surface area contributed by atoms with Crippen LogP contribution in [-0.2, 0) is 0 Å². The van der Waals surface area contributed by atoms with Crippen molar-refractivity contribution in [2.75, 3.05) is 26.8 Å². The van der Waals surface area contributed by atoms with Crippen molar-refractivity contribution in [3.8, 4) is 11.5 Å². The number of nitrogens with zero attached hydrogens (tertiary/aromatic N) is 1. The fourth-order valence-corrected chi connectivity index (χ4v) is 4.83. The zero-order valence-corrected chi connectivity index (χ0v) is 20.0. The molecule has 4 rings (SSSR count).